The zero-order valence-electron chi connectivity index (χ0n) is 30.3. The molecule has 0 radical (unpaired) electrons. The SMILES string of the molecule is C=C(C)C(=O)NCCCNC(=O)C1OC(C(C)C)C(O)C(O)C1OC1OC(C(=O)NCCCN(N)/C=C(\N)COCC2COC2)C(OC)C(O)C1O. The van der Waals surface area contributed by atoms with Gasteiger partial charge < -0.3 is 75.5 Å². The predicted molar refractivity (Wildman–Crippen MR) is 183 cm³/mol. The molecule has 52 heavy (non-hydrogen) atoms. The van der Waals surface area contributed by atoms with E-state index in [1.165, 1.54) is 18.3 Å². The van der Waals surface area contributed by atoms with Crippen molar-refractivity contribution in [2.24, 2.45) is 23.4 Å². The predicted octanol–water partition coefficient (Wildman–Crippen LogP) is -3.68. The Morgan fingerprint density at radius 2 is 1.52 bits per heavy atom. The van der Waals surface area contributed by atoms with Gasteiger partial charge >= 0.3 is 0 Å². The summed E-state index contributed by atoms with van der Waals surface area (Å²) < 4.78 is 33.5. The maximum Gasteiger partial charge on any atom is 0.252 e. The van der Waals surface area contributed by atoms with Crippen LogP contribution in [0.2, 0.25) is 0 Å². The van der Waals surface area contributed by atoms with Gasteiger partial charge in [-0.2, -0.15) is 0 Å². The first-order valence-corrected chi connectivity index (χ1v) is 17.5. The number of rotatable bonds is 20. The number of carbonyl (C=O) groups is 3. The first-order chi connectivity index (χ1) is 24.7. The molecule has 3 saturated heterocycles. The lowest BCUT2D eigenvalue weighted by Crippen LogP contribution is -2.67. The summed E-state index contributed by atoms with van der Waals surface area (Å²) in [6.07, 6.45) is -13.0. The molecule has 3 aliphatic heterocycles. The molecule has 3 amide bonds. The number of aliphatic hydroxyl groups is 4. The van der Waals surface area contributed by atoms with Crippen molar-refractivity contribution in [3.05, 3.63) is 24.0 Å². The van der Waals surface area contributed by atoms with Crippen molar-refractivity contribution in [2.75, 3.05) is 59.7 Å². The molecule has 298 valence electrons. The lowest BCUT2D eigenvalue weighted by molar-refractivity contribution is -0.333. The molecule has 0 aromatic carbocycles. The standard InChI is InChI=1S/C33H58N6O13/c1-17(2)25-21(40)22(41)27(29(50-25)32(46)37-9-6-8-36-30(44)18(3)4)51-33-24(43)23(42)26(47-5)28(52-33)31(45)38-10-7-11-39(35)12-20(34)16-49-15-19-13-48-14-19/h12,17,19,21-29,33,40-43H,3,6-11,13-16,34-35H2,1-2,4-5H3,(H,36,44)(H,37,46)(H,38,45)/b20-12-. The fraction of sp³-hybridized carbons (Fsp3) is 0.788. The Bertz CT molecular complexity index is 1210. The van der Waals surface area contributed by atoms with Crippen molar-refractivity contribution < 1.29 is 63.2 Å². The van der Waals surface area contributed by atoms with Gasteiger partial charge in [0, 0.05) is 51.0 Å². The molecule has 0 saturated carbocycles. The molecule has 3 fully saturated rings. The van der Waals surface area contributed by atoms with Crippen LogP contribution in [0.1, 0.15) is 33.6 Å². The molecule has 0 aromatic heterocycles. The summed E-state index contributed by atoms with van der Waals surface area (Å²) in [6, 6.07) is 0. The van der Waals surface area contributed by atoms with E-state index in [-0.39, 0.29) is 38.1 Å². The normalized spacial score (nSPS) is 31.1. The molecule has 3 rings (SSSR count). The Morgan fingerprint density at radius 1 is 0.923 bits per heavy atom. The largest absolute Gasteiger partial charge is 0.399 e. The van der Waals surface area contributed by atoms with Gasteiger partial charge in [-0.3, -0.25) is 14.4 Å². The average Bonchev–Trinajstić information content (AvgIpc) is 3.07. The number of hydrogen-bond donors (Lipinski definition) is 9. The number of nitrogens with two attached hydrogens (primary N) is 2. The molecular formula is C33H58N6O13. The zero-order chi connectivity index (χ0) is 38.5. The first-order valence-electron chi connectivity index (χ1n) is 17.5. The van der Waals surface area contributed by atoms with Crippen LogP contribution in [-0.2, 0) is 42.8 Å². The van der Waals surface area contributed by atoms with Crippen molar-refractivity contribution in [3.63, 3.8) is 0 Å². The minimum atomic E-state index is -1.80. The van der Waals surface area contributed by atoms with Crippen molar-refractivity contribution in [2.45, 2.75) is 94.8 Å². The maximum absolute atomic E-state index is 13.4. The third-order valence-electron chi connectivity index (χ3n) is 8.79. The molecule has 11 N–H and O–H groups in total. The highest BCUT2D eigenvalue weighted by Gasteiger charge is 2.54. The minimum absolute atomic E-state index is 0.114. The van der Waals surface area contributed by atoms with Crippen molar-refractivity contribution in [1.82, 2.24) is 21.0 Å². The van der Waals surface area contributed by atoms with Crippen LogP contribution in [0.25, 0.3) is 0 Å². The molecule has 0 aliphatic carbocycles. The summed E-state index contributed by atoms with van der Waals surface area (Å²) in [4.78, 5) is 38.3. The number of carbonyl (C=O) groups excluding carboxylic acids is 3. The molecule has 0 bridgehead atoms. The van der Waals surface area contributed by atoms with Crippen molar-refractivity contribution in [1.29, 1.82) is 0 Å². The summed E-state index contributed by atoms with van der Waals surface area (Å²) in [5.41, 5.74) is 6.73. The highest BCUT2D eigenvalue weighted by Crippen LogP contribution is 2.32. The highest BCUT2D eigenvalue weighted by molar-refractivity contribution is 5.92. The van der Waals surface area contributed by atoms with Gasteiger partial charge in [-0.15, -0.1) is 0 Å². The number of hydrazine groups is 1. The minimum Gasteiger partial charge on any atom is -0.399 e. The summed E-state index contributed by atoms with van der Waals surface area (Å²) in [7, 11) is 1.23. The van der Waals surface area contributed by atoms with E-state index in [9.17, 15) is 34.8 Å². The van der Waals surface area contributed by atoms with Gasteiger partial charge in [0.05, 0.1) is 38.2 Å². The lowest BCUT2D eigenvalue weighted by Gasteiger charge is -2.47. The molecule has 10 atom stereocenters. The molecule has 3 heterocycles. The molecule has 19 nitrogen and oxygen atoms in total. The second-order valence-corrected chi connectivity index (χ2v) is 13.6. The fourth-order valence-electron chi connectivity index (χ4n) is 5.75. The third kappa shape index (κ3) is 12.3. The molecule has 3 aliphatic rings. The maximum atomic E-state index is 13.4. The summed E-state index contributed by atoms with van der Waals surface area (Å²) in [5.74, 6) is 4.32. The summed E-state index contributed by atoms with van der Waals surface area (Å²) in [6.45, 7) is 11.5. The van der Waals surface area contributed by atoms with Crippen LogP contribution in [0, 0.1) is 11.8 Å². The van der Waals surface area contributed by atoms with Gasteiger partial charge in [0.15, 0.2) is 18.5 Å². The number of ether oxygens (including phenoxy) is 6. The second kappa shape index (κ2) is 21.1. The van der Waals surface area contributed by atoms with Gasteiger partial charge in [-0.05, 0) is 25.7 Å². The Morgan fingerprint density at radius 3 is 2.10 bits per heavy atom. The number of hydrogen-bond acceptors (Lipinski definition) is 16. The van der Waals surface area contributed by atoms with Gasteiger partial charge in [-0.25, -0.2) is 5.84 Å². The number of nitrogens with zero attached hydrogens (tertiary/aromatic N) is 1. The van der Waals surface area contributed by atoms with E-state index in [2.05, 4.69) is 22.5 Å². The van der Waals surface area contributed by atoms with Gasteiger partial charge in [-0.1, -0.05) is 20.4 Å². The Balaban J connectivity index is 1.60. The lowest BCUT2D eigenvalue weighted by atomic mass is 9.88. The van der Waals surface area contributed by atoms with Gasteiger partial charge in [0.25, 0.3) is 11.8 Å². The second-order valence-electron chi connectivity index (χ2n) is 13.6. The van der Waals surface area contributed by atoms with Crippen LogP contribution in [0.4, 0.5) is 0 Å². The Kier molecular flexibility index (Phi) is 17.6. The molecule has 0 aromatic rings. The van der Waals surface area contributed by atoms with E-state index in [1.54, 1.807) is 20.8 Å². The number of methoxy groups -OCH3 is 1. The van der Waals surface area contributed by atoms with E-state index < -0.39 is 73.0 Å². The molecule has 19 heteroatoms. The van der Waals surface area contributed by atoms with Gasteiger partial charge in [0.2, 0.25) is 5.91 Å². The van der Waals surface area contributed by atoms with Crippen molar-refractivity contribution >= 4 is 17.7 Å². The number of aliphatic hydroxyl groups excluding tert-OH is 4. The van der Waals surface area contributed by atoms with E-state index >= 15 is 0 Å². The van der Waals surface area contributed by atoms with E-state index in [0.29, 0.717) is 56.4 Å². The smallest absolute Gasteiger partial charge is 0.252 e. The van der Waals surface area contributed by atoms with E-state index in [4.69, 9.17) is 40.0 Å². The summed E-state index contributed by atoms with van der Waals surface area (Å²) in [5, 5.41) is 53.2. The van der Waals surface area contributed by atoms with Crippen LogP contribution in [0.15, 0.2) is 24.0 Å². The molecule has 0 spiro atoms. The van der Waals surface area contributed by atoms with Gasteiger partial charge in [0.1, 0.15) is 36.6 Å². The molecule has 10 unspecified atom stereocenters. The van der Waals surface area contributed by atoms with Crippen LogP contribution >= 0.6 is 0 Å². The van der Waals surface area contributed by atoms with Crippen LogP contribution in [0.3, 0.4) is 0 Å². The number of nitrogens with one attached hydrogen (secondary N) is 3. The van der Waals surface area contributed by atoms with Crippen LogP contribution in [0.5, 0.6) is 0 Å². The fourth-order valence-corrected chi connectivity index (χ4v) is 5.75. The first kappa shape index (κ1) is 43.5. The van der Waals surface area contributed by atoms with Crippen LogP contribution < -0.4 is 27.5 Å². The van der Waals surface area contributed by atoms with E-state index in [1.807, 2.05) is 0 Å². The Labute approximate surface area is 303 Å². The molecular weight excluding hydrogens is 688 g/mol. The number of amides is 3. The quantitative estimate of drug-likeness (QED) is 0.0251. The van der Waals surface area contributed by atoms with Crippen molar-refractivity contribution in [3.8, 4) is 0 Å². The Hall–Kier alpha value is -2.95. The highest BCUT2D eigenvalue weighted by atomic mass is 16.7. The van der Waals surface area contributed by atoms with E-state index in [0.717, 1.165) is 0 Å². The van der Waals surface area contributed by atoms with Crippen LogP contribution in [-0.4, -0.2) is 164 Å². The summed E-state index contributed by atoms with van der Waals surface area (Å²) >= 11 is 0. The average molecular weight is 747 g/mol. The third-order valence-corrected chi connectivity index (χ3v) is 8.79. The monoisotopic (exact) mass is 746 g/mol. The zero-order valence-corrected chi connectivity index (χ0v) is 30.3. The topological polar surface area (TPSA) is 279 Å².